The Kier molecular flexibility index (Phi) is 4.11. The molecule has 0 unspecified atom stereocenters. The number of para-hydroxylation sites is 1. The average Bonchev–Trinajstić information content (AvgIpc) is 3.18. The summed E-state index contributed by atoms with van der Waals surface area (Å²) in [6.07, 6.45) is 1.36. The largest absolute Gasteiger partial charge is 0.484 e. The van der Waals surface area contributed by atoms with Crippen molar-refractivity contribution in [1.29, 1.82) is 0 Å². The second-order valence-electron chi connectivity index (χ2n) is 4.32. The number of carbonyl (C=O) groups excluding carboxylic acids is 1. The van der Waals surface area contributed by atoms with Gasteiger partial charge < -0.3 is 19.0 Å². The number of aromatic nitrogens is 1. The van der Waals surface area contributed by atoms with E-state index in [9.17, 15) is 4.79 Å². The molecule has 0 radical (unpaired) electrons. The van der Waals surface area contributed by atoms with E-state index < -0.39 is 5.91 Å². The smallest absolute Gasteiger partial charge is 0.292 e. The molecule has 0 atom stereocenters. The van der Waals surface area contributed by atoms with E-state index in [0.29, 0.717) is 22.4 Å². The zero-order valence-electron chi connectivity index (χ0n) is 11.3. The molecule has 6 nitrogen and oxygen atoms in total. The highest BCUT2D eigenvalue weighted by Crippen LogP contribution is 2.24. The summed E-state index contributed by atoms with van der Waals surface area (Å²) in [4.78, 5) is 11.9. The Morgan fingerprint density at radius 2 is 2.09 bits per heavy atom. The number of benzene rings is 1. The average molecular weight is 319 g/mol. The molecule has 0 aliphatic rings. The number of rotatable bonds is 5. The van der Waals surface area contributed by atoms with Crippen molar-refractivity contribution in [3.05, 3.63) is 65.3 Å². The Hall–Kier alpha value is -2.73. The van der Waals surface area contributed by atoms with Crippen LogP contribution in [0.1, 0.15) is 16.3 Å². The number of furan rings is 1. The topological polar surface area (TPSA) is 77.5 Å². The minimum atomic E-state index is -0.419. The molecule has 0 bridgehead atoms. The summed E-state index contributed by atoms with van der Waals surface area (Å²) < 4.78 is 15.6. The molecule has 3 aromatic rings. The Bertz CT molecular complexity index is 767. The maximum atomic E-state index is 11.9. The van der Waals surface area contributed by atoms with Crippen LogP contribution in [0.25, 0.3) is 0 Å². The molecule has 3 rings (SSSR count). The van der Waals surface area contributed by atoms with E-state index in [2.05, 4.69) is 15.0 Å². The van der Waals surface area contributed by atoms with Crippen molar-refractivity contribution < 1.29 is 18.5 Å². The van der Waals surface area contributed by atoms with Crippen molar-refractivity contribution in [2.75, 3.05) is 5.32 Å². The summed E-state index contributed by atoms with van der Waals surface area (Å²) in [6.45, 7) is 0.168. The molecular formula is C15H11ClN2O4. The van der Waals surface area contributed by atoms with Crippen LogP contribution in [0.2, 0.25) is 5.02 Å². The van der Waals surface area contributed by atoms with Gasteiger partial charge in [-0.15, -0.1) is 0 Å². The number of anilines is 1. The quantitative estimate of drug-likeness (QED) is 0.775. The van der Waals surface area contributed by atoms with Crippen LogP contribution in [0.3, 0.4) is 0 Å². The van der Waals surface area contributed by atoms with Gasteiger partial charge in [0, 0.05) is 6.07 Å². The van der Waals surface area contributed by atoms with Crippen LogP contribution in [0, 0.1) is 0 Å². The SMILES string of the molecule is O=C(Nc1ccon1)c1ccc(COc2ccccc2Cl)o1. The van der Waals surface area contributed by atoms with Crippen molar-refractivity contribution in [3.8, 4) is 5.75 Å². The first-order chi connectivity index (χ1) is 10.7. The van der Waals surface area contributed by atoms with Crippen LogP contribution < -0.4 is 10.1 Å². The van der Waals surface area contributed by atoms with Crippen molar-refractivity contribution in [3.63, 3.8) is 0 Å². The van der Waals surface area contributed by atoms with Crippen LogP contribution in [-0.2, 0) is 6.61 Å². The van der Waals surface area contributed by atoms with Crippen LogP contribution in [0.5, 0.6) is 5.75 Å². The first-order valence-corrected chi connectivity index (χ1v) is 6.78. The molecule has 112 valence electrons. The van der Waals surface area contributed by atoms with Crippen molar-refractivity contribution in [2.45, 2.75) is 6.61 Å². The first-order valence-electron chi connectivity index (χ1n) is 6.40. The predicted octanol–water partition coefficient (Wildman–Crippen LogP) is 3.75. The summed E-state index contributed by atoms with van der Waals surface area (Å²) in [5, 5.41) is 6.63. The third kappa shape index (κ3) is 3.29. The highest BCUT2D eigenvalue weighted by molar-refractivity contribution is 6.32. The summed E-state index contributed by atoms with van der Waals surface area (Å²) in [5.41, 5.74) is 0. The maximum Gasteiger partial charge on any atom is 0.292 e. The van der Waals surface area contributed by atoms with E-state index in [1.165, 1.54) is 12.3 Å². The Labute approximate surface area is 130 Å². The molecule has 0 spiro atoms. The minimum Gasteiger partial charge on any atom is -0.484 e. The zero-order valence-corrected chi connectivity index (χ0v) is 12.0. The van der Waals surface area contributed by atoms with Crippen molar-refractivity contribution >= 4 is 23.3 Å². The summed E-state index contributed by atoms with van der Waals surface area (Å²) in [7, 11) is 0. The van der Waals surface area contributed by atoms with Gasteiger partial charge in [0.15, 0.2) is 11.6 Å². The molecule has 0 aliphatic heterocycles. The van der Waals surface area contributed by atoms with Gasteiger partial charge in [0.05, 0.1) is 5.02 Å². The van der Waals surface area contributed by atoms with Gasteiger partial charge >= 0.3 is 0 Å². The van der Waals surface area contributed by atoms with E-state index in [1.807, 2.05) is 12.1 Å². The number of hydrogen-bond acceptors (Lipinski definition) is 5. The first kappa shape index (κ1) is 14.2. The van der Waals surface area contributed by atoms with Gasteiger partial charge in [-0.05, 0) is 24.3 Å². The van der Waals surface area contributed by atoms with E-state index in [1.54, 1.807) is 24.3 Å². The molecule has 7 heteroatoms. The van der Waals surface area contributed by atoms with Crippen LogP contribution >= 0.6 is 11.6 Å². The molecule has 2 heterocycles. The van der Waals surface area contributed by atoms with Gasteiger partial charge in [-0.25, -0.2) is 0 Å². The standard InChI is InChI=1S/C15H11ClN2O4/c16-11-3-1-2-4-12(11)20-9-10-5-6-13(22-10)15(19)17-14-7-8-21-18-14/h1-8H,9H2,(H,17,18,19). The summed E-state index contributed by atoms with van der Waals surface area (Å²) in [6, 6.07) is 11.9. The van der Waals surface area contributed by atoms with Crippen LogP contribution in [-0.4, -0.2) is 11.1 Å². The molecule has 22 heavy (non-hydrogen) atoms. The normalized spacial score (nSPS) is 10.4. The number of carbonyl (C=O) groups is 1. The van der Waals surface area contributed by atoms with E-state index in [4.69, 9.17) is 20.8 Å². The molecule has 1 aromatic carbocycles. The summed E-state index contributed by atoms with van der Waals surface area (Å²) in [5.74, 6) is 1.10. The van der Waals surface area contributed by atoms with Gasteiger partial charge in [-0.1, -0.05) is 28.9 Å². The molecule has 0 saturated carbocycles. The molecule has 0 aliphatic carbocycles. The molecule has 1 N–H and O–H groups in total. The Morgan fingerprint density at radius 1 is 1.23 bits per heavy atom. The lowest BCUT2D eigenvalue weighted by Gasteiger charge is -2.05. The summed E-state index contributed by atoms with van der Waals surface area (Å²) >= 11 is 5.99. The van der Waals surface area contributed by atoms with Crippen LogP contribution in [0.4, 0.5) is 5.82 Å². The van der Waals surface area contributed by atoms with E-state index >= 15 is 0 Å². The Balaban J connectivity index is 1.61. The van der Waals surface area contributed by atoms with E-state index in [0.717, 1.165) is 0 Å². The van der Waals surface area contributed by atoms with Gasteiger partial charge in [0.25, 0.3) is 5.91 Å². The molecule has 0 fully saturated rings. The zero-order chi connectivity index (χ0) is 15.4. The molecule has 2 aromatic heterocycles. The third-order valence-corrected chi connectivity index (χ3v) is 3.08. The number of hydrogen-bond donors (Lipinski definition) is 1. The lowest BCUT2D eigenvalue weighted by molar-refractivity contribution is 0.0991. The number of ether oxygens (including phenoxy) is 1. The maximum absolute atomic E-state index is 11.9. The van der Waals surface area contributed by atoms with Gasteiger partial charge in [0.1, 0.15) is 24.4 Å². The fourth-order valence-electron chi connectivity index (χ4n) is 1.74. The molecule has 1 amide bonds. The van der Waals surface area contributed by atoms with Gasteiger partial charge in [0.2, 0.25) is 0 Å². The van der Waals surface area contributed by atoms with Crippen LogP contribution in [0.15, 0.2) is 57.7 Å². The number of halogens is 1. The van der Waals surface area contributed by atoms with Gasteiger partial charge in [-0.2, -0.15) is 0 Å². The Morgan fingerprint density at radius 3 is 2.86 bits per heavy atom. The fraction of sp³-hybridized carbons (Fsp3) is 0.0667. The van der Waals surface area contributed by atoms with Crippen molar-refractivity contribution in [1.82, 2.24) is 5.16 Å². The minimum absolute atomic E-state index is 0.153. The van der Waals surface area contributed by atoms with Crippen molar-refractivity contribution in [2.24, 2.45) is 0 Å². The second kappa shape index (κ2) is 6.36. The highest BCUT2D eigenvalue weighted by Gasteiger charge is 2.13. The number of nitrogens with zero attached hydrogens (tertiary/aromatic N) is 1. The second-order valence-corrected chi connectivity index (χ2v) is 4.73. The van der Waals surface area contributed by atoms with Gasteiger partial charge in [-0.3, -0.25) is 4.79 Å². The van der Waals surface area contributed by atoms with E-state index in [-0.39, 0.29) is 12.4 Å². The fourth-order valence-corrected chi connectivity index (χ4v) is 1.93. The lowest BCUT2D eigenvalue weighted by Crippen LogP contribution is -2.10. The molecular weight excluding hydrogens is 308 g/mol. The predicted molar refractivity (Wildman–Crippen MR) is 78.9 cm³/mol. The third-order valence-electron chi connectivity index (χ3n) is 2.77. The number of amides is 1. The molecule has 0 saturated heterocycles. The monoisotopic (exact) mass is 318 g/mol. The lowest BCUT2D eigenvalue weighted by atomic mass is 10.3. The number of nitrogens with one attached hydrogen (secondary N) is 1. The highest BCUT2D eigenvalue weighted by atomic mass is 35.5.